The topological polar surface area (TPSA) is 79.7 Å². The first-order valence-corrected chi connectivity index (χ1v) is 9.74. The van der Waals surface area contributed by atoms with Crippen LogP contribution in [0.3, 0.4) is 0 Å². The van der Waals surface area contributed by atoms with Gasteiger partial charge in [0.1, 0.15) is 11.6 Å². The number of anilines is 3. The number of thiophene rings is 1. The molecule has 0 aliphatic carbocycles. The van der Waals surface area contributed by atoms with Crippen LogP contribution in [0.4, 0.5) is 17.6 Å². The molecule has 0 saturated carbocycles. The van der Waals surface area contributed by atoms with Crippen molar-refractivity contribution in [3.8, 4) is 10.7 Å². The van der Waals surface area contributed by atoms with E-state index >= 15 is 0 Å². The fraction of sp³-hybridized carbons (Fsp3) is 0.150. The van der Waals surface area contributed by atoms with Crippen molar-refractivity contribution in [3.63, 3.8) is 0 Å². The van der Waals surface area contributed by atoms with Crippen LogP contribution in [0.5, 0.6) is 0 Å². The van der Waals surface area contributed by atoms with E-state index in [0.717, 1.165) is 29.5 Å². The summed E-state index contributed by atoms with van der Waals surface area (Å²) in [7, 11) is 1.93. The lowest BCUT2D eigenvalue weighted by Crippen LogP contribution is -2.15. The van der Waals surface area contributed by atoms with Crippen LogP contribution in [0.15, 0.2) is 66.6 Å². The Morgan fingerprint density at radius 3 is 2.61 bits per heavy atom. The molecule has 8 heteroatoms. The predicted octanol–water partition coefficient (Wildman–Crippen LogP) is 3.81. The molecule has 4 heterocycles. The number of hydrogen-bond donors (Lipinski definition) is 1. The highest BCUT2D eigenvalue weighted by Crippen LogP contribution is 2.25. The van der Waals surface area contributed by atoms with Crippen molar-refractivity contribution >= 4 is 28.9 Å². The summed E-state index contributed by atoms with van der Waals surface area (Å²) < 4.78 is 0. The molecule has 0 atom stereocenters. The molecule has 0 aliphatic rings. The smallest absolute Gasteiger partial charge is 0.224 e. The van der Waals surface area contributed by atoms with Gasteiger partial charge in [0.2, 0.25) is 5.95 Å². The highest BCUT2D eigenvalue weighted by atomic mass is 32.1. The summed E-state index contributed by atoms with van der Waals surface area (Å²) in [5.41, 5.74) is 1.17. The van der Waals surface area contributed by atoms with E-state index in [1.807, 2.05) is 53.9 Å². The third-order valence-electron chi connectivity index (χ3n) is 4.13. The second-order valence-electron chi connectivity index (χ2n) is 6.05. The third-order valence-corrected chi connectivity index (χ3v) is 5.00. The van der Waals surface area contributed by atoms with Crippen LogP contribution in [0.25, 0.3) is 10.7 Å². The van der Waals surface area contributed by atoms with E-state index in [1.54, 1.807) is 29.9 Å². The first-order chi connectivity index (χ1) is 13.8. The number of nitrogens with zero attached hydrogens (tertiary/aromatic N) is 6. The van der Waals surface area contributed by atoms with E-state index in [0.29, 0.717) is 11.8 Å². The van der Waals surface area contributed by atoms with Crippen LogP contribution in [-0.2, 0) is 6.42 Å². The Morgan fingerprint density at radius 1 is 0.964 bits per heavy atom. The second kappa shape index (κ2) is 8.53. The van der Waals surface area contributed by atoms with E-state index in [2.05, 4.69) is 36.3 Å². The number of aromatic nitrogens is 5. The first kappa shape index (κ1) is 18.0. The van der Waals surface area contributed by atoms with Crippen molar-refractivity contribution in [3.05, 3.63) is 72.1 Å². The molecule has 0 aliphatic heterocycles. The minimum absolute atomic E-state index is 0.584. The molecule has 0 radical (unpaired) electrons. The average Bonchev–Trinajstić information content (AvgIpc) is 3.29. The minimum atomic E-state index is 0.584. The molecule has 140 valence electrons. The van der Waals surface area contributed by atoms with Gasteiger partial charge in [0.05, 0.1) is 4.88 Å². The highest BCUT2D eigenvalue weighted by molar-refractivity contribution is 7.13. The maximum absolute atomic E-state index is 4.66. The van der Waals surface area contributed by atoms with Crippen LogP contribution in [0.1, 0.15) is 5.56 Å². The second-order valence-corrected chi connectivity index (χ2v) is 7.00. The van der Waals surface area contributed by atoms with Crippen LogP contribution in [0.2, 0.25) is 0 Å². The maximum atomic E-state index is 4.66. The fourth-order valence-electron chi connectivity index (χ4n) is 2.66. The van der Waals surface area contributed by atoms with Gasteiger partial charge in [-0.1, -0.05) is 12.1 Å². The molecule has 4 aromatic rings. The minimum Gasteiger partial charge on any atom is -0.354 e. The van der Waals surface area contributed by atoms with Crippen LogP contribution < -0.4 is 10.2 Å². The molecule has 0 aromatic carbocycles. The first-order valence-electron chi connectivity index (χ1n) is 8.86. The van der Waals surface area contributed by atoms with Crippen molar-refractivity contribution in [1.29, 1.82) is 0 Å². The molecule has 1 N–H and O–H groups in total. The van der Waals surface area contributed by atoms with Gasteiger partial charge < -0.3 is 10.2 Å². The predicted molar refractivity (Wildman–Crippen MR) is 112 cm³/mol. The molecule has 0 spiro atoms. The Labute approximate surface area is 167 Å². The molecule has 28 heavy (non-hydrogen) atoms. The number of nitrogens with one attached hydrogen (secondary N) is 1. The Kier molecular flexibility index (Phi) is 5.48. The summed E-state index contributed by atoms with van der Waals surface area (Å²) in [5, 5.41) is 5.28. The zero-order valence-electron chi connectivity index (χ0n) is 15.4. The average molecular weight is 389 g/mol. The van der Waals surface area contributed by atoms with Gasteiger partial charge in [0.25, 0.3) is 0 Å². The fourth-order valence-corrected chi connectivity index (χ4v) is 3.33. The van der Waals surface area contributed by atoms with Crippen LogP contribution in [-0.4, -0.2) is 38.5 Å². The van der Waals surface area contributed by atoms with Gasteiger partial charge in [-0.3, -0.25) is 4.98 Å². The largest absolute Gasteiger partial charge is 0.354 e. The van der Waals surface area contributed by atoms with Gasteiger partial charge in [-0.2, -0.15) is 4.98 Å². The van der Waals surface area contributed by atoms with E-state index in [4.69, 9.17) is 0 Å². The molecular weight excluding hydrogens is 370 g/mol. The quantitative estimate of drug-likeness (QED) is 0.515. The van der Waals surface area contributed by atoms with Crippen molar-refractivity contribution < 1.29 is 0 Å². The lowest BCUT2D eigenvalue weighted by atomic mass is 10.2. The van der Waals surface area contributed by atoms with Gasteiger partial charge in [0, 0.05) is 38.4 Å². The van der Waals surface area contributed by atoms with Crippen LogP contribution >= 0.6 is 11.3 Å². The Balaban J connectivity index is 1.45. The van der Waals surface area contributed by atoms with E-state index < -0.39 is 0 Å². The van der Waals surface area contributed by atoms with Crippen molar-refractivity contribution in [1.82, 2.24) is 24.9 Å². The lowest BCUT2D eigenvalue weighted by molar-refractivity contribution is 0.965. The summed E-state index contributed by atoms with van der Waals surface area (Å²) in [5.74, 6) is 2.83. The van der Waals surface area contributed by atoms with E-state index in [-0.39, 0.29) is 0 Å². The molecule has 7 nitrogen and oxygen atoms in total. The Bertz CT molecular complexity index is 1020. The summed E-state index contributed by atoms with van der Waals surface area (Å²) in [6.45, 7) is 0.731. The number of hydrogen-bond acceptors (Lipinski definition) is 8. The van der Waals surface area contributed by atoms with Gasteiger partial charge in [0.15, 0.2) is 5.82 Å². The van der Waals surface area contributed by atoms with Crippen LogP contribution in [0, 0.1) is 0 Å². The zero-order chi connectivity index (χ0) is 19.2. The van der Waals surface area contributed by atoms with Crippen molar-refractivity contribution in [2.24, 2.45) is 0 Å². The summed E-state index contributed by atoms with van der Waals surface area (Å²) in [6, 6.07) is 11.7. The zero-order valence-corrected chi connectivity index (χ0v) is 16.2. The highest BCUT2D eigenvalue weighted by Gasteiger charge is 2.11. The summed E-state index contributed by atoms with van der Waals surface area (Å²) >= 11 is 1.62. The van der Waals surface area contributed by atoms with Gasteiger partial charge >= 0.3 is 0 Å². The van der Waals surface area contributed by atoms with E-state index in [1.165, 1.54) is 5.56 Å². The lowest BCUT2D eigenvalue weighted by Gasteiger charge is -2.18. The van der Waals surface area contributed by atoms with Gasteiger partial charge in [-0.05, 0) is 41.6 Å². The Morgan fingerprint density at radius 2 is 1.82 bits per heavy atom. The molecule has 0 fully saturated rings. The monoisotopic (exact) mass is 389 g/mol. The van der Waals surface area contributed by atoms with Gasteiger partial charge in [-0.25, -0.2) is 15.0 Å². The van der Waals surface area contributed by atoms with E-state index in [9.17, 15) is 0 Å². The van der Waals surface area contributed by atoms with Crippen molar-refractivity contribution in [2.45, 2.75) is 6.42 Å². The third kappa shape index (κ3) is 4.29. The summed E-state index contributed by atoms with van der Waals surface area (Å²) in [4.78, 5) is 25.0. The number of rotatable bonds is 7. The molecule has 0 unspecified atom stereocenters. The van der Waals surface area contributed by atoms with Gasteiger partial charge in [-0.15, -0.1) is 11.3 Å². The molecule has 4 aromatic heterocycles. The molecule has 4 rings (SSSR count). The Hall–Kier alpha value is -3.39. The molecule has 0 bridgehead atoms. The van der Waals surface area contributed by atoms with Crippen molar-refractivity contribution in [2.75, 3.05) is 23.8 Å². The molecular formula is C20H19N7S. The SMILES string of the molecule is CN(c1ccnc(NCCc2cccnc2)n1)c1ccnc(-c2cccs2)n1. The number of pyridine rings is 1. The maximum Gasteiger partial charge on any atom is 0.224 e. The standard InChI is InChI=1S/C20H19N7S/c1-27(17-7-11-22-19(25-17)16-5-3-13-28-16)18-8-12-24-20(26-18)23-10-6-15-4-2-9-21-14-15/h2-5,7-9,11-14H,6,10H2,1H3,(H,23,24,26). The normalized spacial score (nSPS) is 10.6. The summed E-state index contributed by atoms with van der Waals surface area (Å²) in [6.07, 6.45) is 8.01. The molecule has 0 saturated heterocycles. The molecule has 0 amide bonds.